The first kappa shape index (κ1) is 18.8. The number of carbonyl (C=O) groups is 2. The van der Waals surface area contributed by atoms with Crippen LogP contribution in [0.2, 0.25) is 5.02 Å². The first-order valence-corrected chi connectivity index (χ1v) is 8.87. The molecule has 0 saturated heterocycles. The average molecular weight is 415 g/mol. The molecule has 0 amide bonds. The van der Waals surface area contributed by atoms with Crippen LogP contribution in [0, 0.1) is 6.92 Å². The van der Waals surface area contributed by atoms with Crippen molar-refractivity contribution in [1.82, 2.24) is 29.6 Å². The Morgan fingerprint density at radius 2 is 1.79 bits per heavy atom. The molecule has 0 fully saturated rings. The highest BCUT2D eigenvalue weighted by Crippen LogP contribution is 2.25. The lowest BCUT2D eigenvalue weighted by Gasteiger charge is -2.04. The van der Waals surface area contributed by atoms with Crippen molar-refractivity contribution < 1.29 is 19.1 Å². The molecule has 0 aliphatic rings. The normalized spacial score (nSPS) is 11.2. The fourth-order valence-electron chi connectivity index (χ4n) is 3.02. The van der Waals surface area contributed by atoms with E-state index in [0.29, 0.717) is 33.3 Å². The lowest BCUT2D eigenvalue weighted by atomic mass is 10.2. The van der Waals surface area contributed by atoms with Crippen molar-refractivity contribution >= 4 is 40.4 Å². The molecule has 0 atom stereocenters. The van der Waals surface area contributed by atoms with Gasteiger partial charge in [-0.05, 0) is 31.2 Å². The zero-order valence-electron chi connectivity index (χ0n) is 15.7. The van der Waals surface area contributed by atoms with Crippen molar-refractivity contribution in [1.29, 1.82) is 0 Å². The van der Waals surface area contributed by atoms with Crippen LogP contribution in [0.15, 0.2) is 24.3 Å². The maximum absolute atomic E-state index is 12.2. The highest BCUT2D eigenvalue weighted by atomic mass is 35.5. The Bertz CT molecular complexity index is 1260. The first-order chi connectivity index (χ1) is 13.9. The third-order valence-electron chi connectivity index (χ3n) is 4.39. The number of esters is 2. The van der Waals surface area contributed by atoms with E-state index in [2.05, 4.69) is 20.4 Å². The average Bonchev–Trinajstić information content (AvgIpc) is 3.25. The van der Waals surface area contributed by atoms with Gasteiger partial charge in [-0.15, -0.1) is 10.2 Å². The zero-order chi connectivity index (χ0) is 20.7. The third-order valence-corrected chi connectivity index (χ3v) is 4.64. The second-order valence-corrected chi connectivity index (χ2v) is 6.58. The number of benzene rings is 1. The van der Waals surface area contributed by atoms with Crippen LogP contribution in [0.25, 0.3) is 22.5 Å². The summed E-state index contributed by atoms with van der Waals surface area (Å²) >= 11 is 6.00. The molecule has 0 spiro atoms. The van der Waals surface area contributed by atoms with Gasteiger partial charge in [0.15, 0.2) is 16.8 Å². The largest absolute Gasteiger partial charge is 0.469 e. The summed E-state index contributed by atoms with van der Waals surface area (Å²) < 4.78 is 12.6. The van der Waals surface area contributed by atoms with E-state index in [-0.39, 0.29) is 17.6 Å². The number of aromatic nitrogens is 6. The van der Waals surface area contributed by atoms with Crippen LogP contribution in [0.4, 0.5) is 0 Å². The molecule has 148 valence electrons. The Balaban J connectivity index is 2.06. The molecule has 0 unspecified atom stereocenters. The third kappa shape index (κ3) is 3.07. The highest BCUT2D eigenvalue weighted by Gasteiger charge is 2.25. The SMILES string of the molecule is COC(=O)Cc1nn(-c2ccc(Cl)cc2)c2c1nnc1c(C(=O)OC)c(C)nn12. The minimum atomic E-state index is -0.571. The molecule has 4 rings (SSSR count). The van der Waals surface area contributed by atoms with Gasteiger partial charge >= 0.3 is 11.9 Å². The summed E-state index contributed by atoms with van der Waals surface area (Å²) in [6.07, 6.45) is -0.0993. The van der Waals surface area contributed by atoms with Crippen molar-refractivity contribution in [3.63, 3.8) is 0 Å². The molecule has 0 aliphatic heterocycles. The summed E-state index contributed by atoms with van der Waals surface area (Å²) in [6.45, 7) is 1.67. The number of carbonyl (C=O) groups excluding carboxylic acids is 2. The summed E-state index contributed by atoms with van der Waals surface area (Å²) in [5, 5.41) is 17.9. The number of halogens is 1. The lowest BCUT2D eigenvalue weighted by molar-refractivity contribution is -0.139. The van der Waals surface area contributed by atoms with Crippen LogP contribution >= 0.6 is 11.6 Å². The van der Waals surface area contributed by atoms with Gasteiger partial charge in [0, 0.05) is 5.02 Å². The Hall–Kier alpha value is -3.53. The van der Waals surface area contributed by atoms with Gasteiger partial charge in [0.1, 0.15) is 11.3 Å². The van der Waals surface area contributed by atoms with Gasteiger partial charge in [0.2, 0.25) is 0 Å². The first-order valence-electron chi connectivity index (χ1n) is 8.49. The van der Waals surface area contributed by atoms with Crippen LogP contribution in [-0.4, -0.2) is 55.8 Å². The van der Waals surface area contributed by atoms with Gasteiger partial charge in [-0.3, -0.25) is 4.79 Å². The molecule has 1 aromatic carbocycles. The molecule has 29 heavy (non-hydrogen) atoms. The number of rotatable bonds is 4. The molecule has 4 aromatic rings. The summed E-state index contributed by atoms with van der Waals surface area (Å²) in [5.41, 5.74) is 2.69. The quantitative estimate of drug-likeness (QED) is 0.465. The summed E-state index contributed by atoms with van der Waals surface area (Å²) in [4.78, 5) is 24.0. The number of aryl methyl sites for hydroxylation is 1. The minimum Gasteiger partial charge on any atom is -0.469 e. The van der Waals surface area contributed by atoms with Gasteiger partial charge in [-0.2, -0.15) is 14.7 Å². The van der Waals surface area contributed by atoms with Crippen LogP contribution in [0.3, 0.4) is 0 Å². The van der Waals surface area contributed by atoms with Crippen molar-refractivity contribution in [3.05, 3.63) is 46.2 Å². The van der Waals surface area contributed by atoms with Gasteiger partial charge in [-0.1, -0.05) is 11.6 Å². The van der Waals surface area contributed by atoms with Gasteiger partial charge in [0.05, 0.1) is 32.0 Å². The number of hydrogen-bond donors (Lipinski definition) is 0. The molecular weight excluding hydrogens is 400 g/mol. The van der Waals surface area contributed by atoms with Crippen molar-refractivity contribution in [3.8, 4) is 5.69 Å². The maximum Gasteiger partial charge on any atom is 0.343 e. The fraction of sp³-hybridized carbons (Fsp3) is 0.222. The van der Waals surface area contributed by atoms with Gasteiger partial charge in [0.25, 0.3) is 0 Å². The van der Waals surface area contributed by atoms with Gasteiger partial charge < -0.3 is 9.47 Å². The van der Waals surface area contributed by atoms with E-state index >= 15 is 0 Å². The lowest BCUT2D eigenvalue weighted by Crippen LogP contribution is -2.06. The van der Waals surface area contributed by atoms with Crippen LogP contribution in [-0.2, 0) is 20.7 Å². The Morgan fingerprint density at radius 3 is 2.45 bits per heavy atom. The Kier molecular flexibility index (Phi) is 4.63. The molecular formula is C18H15ClN6O4. The van der Waals surface area contributed by atoms with Crippen LogP contribution in [0.1, 0.15) is 21.7 Å². The summed E-state index contributed by atoms with van der Waals surface area (Å²) in [7, 11) is 2.58. The van der Waals surface area contributed by atoms with Crippen LogP contribution < -0.4 is 0 Å². The molecule has 3 heterocycles. The van der Waals surface area contributed by atoms with Crippen molar-refractivity contribution in [2.45, 2.75) is 13.3 Å². The minimum absolute atomic E-state index is 0.0993. The Labute approximate surface area is 169 Å². The number of nitrogens with zero attached hydrogens (tertiary/aromatic N) is 6. The molecule has 10 nitrogen and oxygen atoms in total. The van der Waals surface area contributed by atoms with E-state index in [0.717, 1.165) is 0 Å². The topological polar surface area (TPSA) is 114 Å². The number of fused-ring (bicyclic) bond motifs is 3. The van der Waals surface area contributed by atoms with Crippen molar-refractivity contribution in [2.24, 2.45) is 0 Å². The van der Waals surface area contributed by atoms with E-state index < -0.39 is 11.9 Å². The highest BCUT2D eigenvalue weighted by molar-refractivity contribution is 6.30. The second kappa shape index (κ2) is 7.13. The zero-order valence-corrected chi connectivity index (χ0v) is 16.5. The monoisotopic (exact) mass is 414 g/mol. The number of methoxy groups -OCH3 is 2. The molecule has 0 saturated carbocycles. The molecule has 11 heteroatoms. The molecule has 0 aliphatic carbocycles. The Morgan fingerprint density at radius 1 is 1.07 bits per heavy atom. The molecule has 3 aromatic heterocycles. The van der Waals surface area contributed by atoms with E-state index in [1.54, 1.807) is 35.9 Å². The van der Waals surface area contributed by atoms with Crippen LogP contribution in [0.5, 0.6) is 0 Å². The summed E-state index contributed by atoms with van der Waals surface area (Å²) in [6, 6.07) is 6.95. The van der Waals surface area contributed by atoms with Gasteiger partial charge in [-0.25, -0.2) is 9.48 Å². The number of hydrogen-bond acceptors (Lipinski definition) is 8. The number of ether oxygens (including phenoxy) is 2. The standard InChI is InChI=1S/C18H15ClN6O4/c1-9-14(18(27)29-3)16-21-20-15-12(8-13(26)28-2)23-24(17(15)25(16)22-9)11-6-4-10(19)5-7-11/h4-7H,8H2,1-3H3. The second-order valence-electron chi connectivity index (χ2n) is 6.15. The van der Waals surface area contributed by atoms with E-state index in [4.69, 9.17) is 21.1 Å². The predicted octanol–water partition coefficient (Wildman–Crippen LogP) is 1.93. The maximum atomic E-state index is 12.2. The molecule has 0 bridgehead atoms. The summed E-state index contributed by atoms with van der Waals surface area (Å²) in [5.74, 6) is -1.04. The molecule has 0 radical (unpaired) electrons. The van der Waals surface area contributed by atoms with E-state index in [1.165, 1.54) is 18.7 Å². The molecule has 0 N–H and O–H groups in total. The smallest absolute Gasteiger partial charge is 0.343 e. The van der Waals surface area contributed by atoms with Crippen molar-refractivity contribution in [2.75, 3.05) is 14.2 Å². The fourth-order valence-corrected chi connectivity index (χ4v) is 3.15. The van der Waals surface area contributed by atoms with E-state index in [9.17, 15) is 9.59 Å². The van der Waals surface area contributed by atoms with E-state index in [1.807, 2.05) is 0 Å². The predicted molar refractivity (Wildman–Crippen MR) is 102 cm³/mol.